The lowest BCUT2D eigenvalue weighted by Crippen LogP contribution is -2.13. The van der Waals surface area contributed by atoms with Crippen molar-refractivity contribution in [1.82, 2.24) is 4.98 Å². The van der Waals surface area contributed by atoms with Crippen molar-refractivity contribution in [3.63, 3.8) is 0 Å². The standard InChI is InChI=1S/C21H14ClN5O3S2/c22-15-4-3-11(8-12(15)21(29)30)26-17(28)5-7-32-20-14(10-24)18(16-2-1-6-31-16)13(9-23)19(25)27-20/h1-4,6,8H,5,7H2,(H2,25,27)(H,26,28)(H,29,30). The number of nitriles is 2. The van der Waals surface area contributed by atoms with Gasteiger partial charge in [-0.1, -0.05) is 17.7 Å². The van der Waals surface area contributed by atoms with Crippen LogP contribution in [0.15, 0.2) is 40.7 Å². The van der Waals surface area contributed by atoms with Crippen molar-refractivity contribution in [2.75, 3.05) is 16.8 Å². The summed E-state index contributed by atoms with van der Waals surface area (Å²) in [6, 6.07) is 11.9. The van der Waals surface area contributed by atoms with Gasteiger partial charge in [0.2, 0.25) is 5.91 Å². The number of nitrogens with zero attached hydrogens (tertiary/aromatic N) is 3. The van der Waals surface area contributed by atoms with Crippen LogP contribution in [0.4, 0.5) is 11.5 Å². The van der Waals surface area contributed by atoms with E-state index in [-0.39, 0.29) is 45.6 Å². The maximum atomic E-state index is 12.3. The number of anilines is 2. The Morgan fingerprint density at radius 2 is 2.00 bits per heavy atom. The van der Waals surface area contributed by atoms with Crippen molar-refractivity contribution in [2.45, 2.75) is 11.4 Å². The van der Waals surface area contributed by atoms with Crippen molar-refractivity contribution in [3.05, 3.63) is 57.4 Å². The summed E-state index contributed by atoms with van der Waals surface area (Å²) in [5.74, 6) is -1.25. The number of carbonyl (C=O) groups is 2. The lowest BCUT2D eigenvalue weighted by atomic mass is 10.0. The molecule has 0 aliphatic rings. The first kappa shape index (κ1) is 23.1. The molecule has 0 spiro atoms. The molecule has 0 aliphatic heterocycles. The van der Waals surface area contributed by atoms with Crippen molar-refractivity contribution in [1.29, 1.82) is 10.5 Å². The lowest BCUT2D eigenvalue weighted by Gasteiger charge is -2.11. The SMILES string of the molecule is N#Cc1c(N)nc(SCCC(=O)Nc2ccc(Cl)c(C(=O)O)c2)c(C#N)c1-c1cccs1. The normalized spacial score (nSPS) is 10.2. The molecule has 11 heteroatoms. The van der Waals surface area contributed by atoms with Gasteiger partial charge in [-0.3, -0.25) is 4.79 Å². The maximum absolute atomic E-state index is 12.3. The quantitative estimate of drug-likeness (QED) is 0.412. The summed E-state index contributed by atoms with van der Waals surface area (Å²) in [4.78, 5) is 28.4. The zero-order valence-electron chi connectivity index (χ0n) is 16.3. The van der Waals surface area contributed by atoms with Crippen LogP contribution in [0.1, 0.15) is 27.9 Å². The number of nitrogen functional groups attached to an aromatic ring is 1. The molecule has 4 N–H and O–H groups in total. The molecule has 0 aliphatic carbocycles. The Morgan fingerprint density at radius 1 is 1.25 bits per heavy atom. The maximum Gasteiger partial charge on any atom is 0.337 e. The van der Waals surface area contributed by atoms with Crippen molar-refractivity contribution in [2.24, 2.45) is 0 Å². The van der Waals surface area contributed by atoms with Crippen LogP contribution in [0.25, 0.3) is 10.4 Å². The largest absolute Gasteiger partial charge is 0.478 e. The van der Waals surface area contributed by atoms with Crippen LogP contribution in [0, 0.1) is 22.7 Å². The van der Waals surface area contributed by atoms with E-state index in [9.17, 15) is 20.1 Å². The molecule has 0 saturated heterocycles. The van der Waals surface area contributed by atoms with E-state index in [1.807, 2.05) is 17.5 Å². The lowest BCUT2D eigenvalue weighted by molar-refractivity contribution is -0.115. The Hall–Kier alpha value is -3.57. The van der Waals surface area contributed by atoms with Gasteiger partial charge in [0.25, 0.3) is 0 Å². The minimum atomic E-state index is -1.20. The first-order chi connectivity index (χ1) is 15.3. The molecular formula is C21H14ClN5O3S2. The molecule has 2 aromatic heterocycles. The fraction of sp³-hybridized carbons (Fsp3) is 0.0952. The molecule has 160 valence electrons. The zero-order valence-corrected chi connectivity index (χ0v) is 18.6. The van der Waals surface area contributed by atoms with E-state index in [4.69, 9.17) is 22.4 Å². The Labute approximate surface area is 196 Å². The molecule has 8 nitrogen and oxygen atoms in total. The minimum Gasteiger partial charge on any atom is -0.478 e. The zero-order chi connectivity index (χ0) is 23.3. The number of carbonyl (C=O) groups excluding carboxylic acids is 1. The average molecular weight is 484 g/mol. The summed E-state index contributed by atoms with van der Waals surface area (Å²) < 4.78 is 0. The number of aromatic carboxylic acids is 1. The van der Waals surface area contributed by atoms with E-state index in [1.54, 1.807) is 6.07 Å². The third kappa shape index (κ3) is 5.01. The fourth-order valence-corrected chi connectivity index (χ4v) is 4.72. The number of pyridine rings is 1. The van der Waals surface area contributed by atoms with Gasteiger partial charge in [-0.2, -0.15) is 10.5 Å². The van der Waals surface area contributed by atoms with Crippen LogP contribution < -0.4 is 11.1 Å². The van der Waals surface area contributed by atoms with Gasteiger partial charge in [0, 0.05) is 28.3 Å². The number of halogens is 1. The predicted molar refractivity (Wildman–Crippen MR) is 124 cm³/mol. The Morgan fingerprint density at radius 3 is 2.62 bits per heavy atom. The van der Waals surface area contributed by atoms with Gasteiger partial charge in [-0.05, 0) is 29.6 Å². The van der Waals surface area contributed by atoms with E-state index in [1.165, 1.54) is 41.3 Å². The predicted octanol–water partition coefficient (Wildman–Crippen LogP) is 4.61. The van der Waals surface area contributed by atoms with Gasteiger partial charge >= 0.3 is 5.97 Å². The fourth-order valence-electron chi connectivity index (χ4n) is 2.80. The van der Waals surface area contributed by atoms with E-state index in [2.05, 4.69) is 16.4 Å². The van der Waals surface area contributed by atoms with Crippen molar-refractivity contribution in [3.8, 4) is 22.6 Å². The number of benzene rings is 1. The highest BCUT2D eigenvalue weighted by atomic mass is 35.5. The number of thiophene rings is 1. The number of hydrogen-bond donors (Lipinski definition) is 3. The number of carboxylic acid groups (broad SMARTS) is 1. The van der Waals surface area contributed by atoms with Crippen LogP contribution in [-0.2, 0) is 4.79 Å². The smallest absolute Gasteiger partial charge is 0.337 e. The van der Waals surface area contributed by atoms with E-state index < -0.39 is 5.97 Å². The molecule has 0 radical (unpaired) electrons. The van der Waals surface area contributed by atoms with Gasteiger partial charge in [0.15, 0.2) is 0 Å². The third-order valence-corrected chi connectivity index (χ3v) is 6.43. The van der Waals surface area contributed by atoms with Crippen molar-refractivity contribution < 1.29 is 14.7 Å². The van der Waals surface area contributed by atoms with Crippen LogP contribution >= 0.6 is 34.7 Å². The third-order valence-electron chi connectivity index (χ3n) is 4.23. The minimum absolute atomic E-state index is 0.0178. The Kier molecular flexibility index (Phi) is 7.33. The number of nitrogens with one attached hydrogen (secondary N) is 1. The second kappa shape index (κ2) is 10.2. The molecule has 2 heterocycles. The first-order valence-electron chi connectivity index (χ1n) is 8.98. The molecule has 0 fully saturated rings. The summed E-state index contributed by atoms with van der Waals surface area (Å²) >= 11 is 8.38. The van der Waals surface area contributed by atoms with Crippen LogP contribution in [0.2, 0.25) is 5.02 Å². The van der Waals surface area contributed by atoms with Gasteiger partial charge < -0.3 is 16.2 Å². The second-order valence-corrected chi connectivity index (χ2v) is 8.71. The number of rotatable bonds is 7. The van der Waals surface area contributed by atoms with Gasteiger partial charge in [0.1, 0.15) is 28.5 Å². The number of aromatic nitrogens is 1. The number of amides is 1. The number of hydrogen-bond acceptors (Lipinski definition) is 8. The number of carboxylic acids is 1. The molecule has 3 aromatic rings. The number of thioether (sulfide) groups is 1. The molecule has 1 aromatic carbocycles. The van der Waals surface area contributed by atoms with Crippen LogP contribution in [-0.4, -0.2) is 27.7 Å². The Bertz CT molecular complexity index is 1280. The van der Waals surface area contributed by atoms with Gasteiger partial charge in [0.05, 0.1) is 16.1 Å². The Balaban J connectivity index is 1.75. The van der Waals surface area contributed by atoms with Crippen LogP contribution in [0.5, 0.6) is 0 Å². The van der Waals surface area contributed by atoms with E-state index >= 15 is 0 Å². The van der Waals surface area contributed by atoms with Crippen LogP contribution in [0.3, 0.4) is 0 Å². The van der Waals surface area contributed by atoms with Gasteiger partial charge in [-0.25, -0.2) is 9.78 Å². The number of nitrogens with two attached hydrogens (primary N) is 1. The van der Waals surface area contributed by atoms with Gasteiger partial charge in [-0.15, -0.1) is 23.1 Å². The highest BCUT2D eigenvalue weighted by Crippen LogP contribution is 2.37. The molecule has 0 bridgehead atoms. The monoisotopic (exact) mass is 483 g/mol. The summed E-state index contributed by atoms with van der Waals surface area (Å²) in [5, 5.41) is 33.2. The molecule has 3 rings (SSSR count). The molecule has 0 unspecified atom stereocenters. The van der Waals surface area contributed by atoms with E-state index in [0.29, 0.717) is 16.3 Å². The molecule has 32 heavy (non-hydrogen) atoms. The molecule has 0 saturated carbocycles. The summed E-state index contributed by atoms with van der Waals surface area (Å²) in [5.41, 5.74) is 6.96. The highest BCUT2D eigenvalue weighted by molar-refractivity contribution is 7.99. The second-order valence-electron chi connectivity index (χ2n) is 6.27. The van der Waals surface area contributed by atoms with Crippen molar-refractivity contribution >= 4 is 58.1 Å². The average Bonchev–Trinajstić information content (AvgIpc) is 3.29. The van der Waals surface area contributed by atoms with E-state index in [0.717, 1.165) is 4.88 Å². The summed E-state index contributed by atoms with van der Waals surface area (Å²) in [7, 11) is 0. The molecular weight excluding hydrogens is 470 g/mol. The topological polar surface area (TPSA) is 153 Å². The summed E-state index contributed by atoms with van der Waals surface area (Å²) in [6.45, 7) is 0. The first-order valence-corrected chi connectivity index (χ1v) is 11.2. The summed E-state index contributed by atoms with van der Waals surface area (Å²) in [6.07, 6.45) is 0.0660. The molecule has 0 atom stereocenters. The highest BCUT2D eigenvalue weighted by Gasteiger charge is 2.21. The molecule has 1 amide bonds.